The highest BCUT2D eigenvalue weighted by molar-refractivity contribution is 9.10. The number of ether oxygens (including phenoxy) is 1. The summed E-state index contributed by atoms with van der Waals surface area (Å²) in [4.78, 5) is 11.7. The molecule has 1 aromatic rings. The first kappa shape index (κ1) is 15.0. The first-order valence-electron chi connectivity index (χ1n) is 6.73. The quantitative estimate of drug-likeness (QED) is 0.872. The van der Waals surface area contributed by atoms with Crippen LogP contribution in [0.2, 0.25) is 0 Å². The van der Waals surface area contributed by atoms with E-state index in [1.807, 2.05) is 0 Å². The van der Waals surface area contributed by atoms with Crippen molar-refractivity contribution in [2.45, 2.75) is 34.8 Å². The summed E-state index contributed by atoms with van der Waals surface area (Å²) in [6.07, 6.45) is 2.07. The average Bonchev–Trinajstić information content (AvgIpc) is 2.22. The van der Waals surface area contributed by atoms with Crippen molar-refractivity contribution < 1.29 is 23.1 Å². The van der Waals surface area contributed by atoms with Crippen molar-refractivity contribution in [3.05, 3.63) is 28.2 Å². The normalized spacial score (nSPS) is 21.4. The summed E-state index contributed by atoms with van der Waals surface area (Å²) < 4.78 is 30.2. The second kappa shape index (κ2) is 5.07. The molecule has 1 aliphatic carbocycles. The Hall–Kier alpha value is -0.920. The molecule has 1 heterocycles. The second-order valence-corrected chi connectivity index (χ2v) is 8.64. The van der Waals surface area contributed by atoms with Gasteiger partial charge < -0.3 is 9.84 Å². The van der Waals surface area contributed by atoms with Crippen molar-refractivity contribution >= 4 is 31.7 Å². The summed E-state index contributed by atoms with van der Waals surface area (Å²) >= 11 is 3.29. The maximum absolute atomic E-state index is 12.4. The van der Waals surface area contributed by atoms with E-state index in [2.05, 4.69) is 15.9 Å². The Morgan fingerprint density at radius 1 is 1.33 bits per heavy atom. The minimum absolute atomic E-state index is 0.208. The van der Waals surface area contributed by atoms with E-state index in [1.54, 1.807) is 12.1 Å². The van der Waals surface area contributed by atoms with E-state index in [4.69, 9.17) is 4.74 Å². The highest BCUT2D eigenvalue weighted by atomic mass is 79.9. The van der Waals surface area contributed by atoms with E-state index < -0.39 is 26.5 Å². The van der Waals surface area contributed by atoms with Crippen LogP contribution >= 0.6 is 15.9 Å². The summed E-state index contributed by atoms with van der Waals surface area (Å²) in [5.41, 5.74) is -0.193. The molecular weight excluding hydrogens is 360 g/mol. The zero-order valence-corrected chi connectivity index (χ0v) is 13.6. The van der Waals surface area contributed by atoms with Crippen LogP contribution in [0.1, 0.15) is 24.8 Å². The van der Waals surface area contributed by atoms with E-state index in [0.29, 0.717) is 22.9 Å². The predicted octanol–water partition coefficient (Wildman–Crippen LogP) is 2.13. The van der Waals surface area contributed by atoms with E-state index in [0.717, 1.165) is 6.42 Å². The van der Waals surface area contributed by atoms with Crippen molar-refractivity contribution in [1.29, 1.82) is 0 Å². The van der Waals surface area contributed by atoms with Crippen LogP contribution in [0.3, 0.4) is 0 Å². The highest BCUT2D eigenvalue weighted by Gasteiger charge is 2.46. The molecule has 114 valence electrons. The molecule has 2 aliphatic rings. The molecule has 21 heavy (non-hydrogen) atoms. The Bertz CT molecular complexity index is 689. The lowest BCUT2D eigenvalue weighted by atomic mass is 9.64. The van der Waals surface area contributed by atoms with Gasteiger partial charge in [0.05, 0.1) is 23.5 Å². The summed E-state index contributed by atoms with van der Waals surface area (Å²) in [6, 6.07) is 4.78. The molecule has 5 nitrogen and oxygen atoms in total. The molecule has 0 bridgehead atoms. The topological polar surface area (TPSA) is 80.7 Å². The van der Waals surface area contributed by atoms with Gasteiger partial charge in [-0.3, -0.25) is 4.79 Å². The van der Waals surface area contributed by atoms with Gasteiger partial charge in [0, 0.05) is 4.47 Å². The van der Waals surface area contributed by atoms with Gasteiger partial charge in [-0.05, 0) is 46.5 Å². The van der Waals surface area contributed by atoms with E-state index in [1.165, 1.54) is 6.07 Å². The van der Waals surface area contributed by atoms with Gasteiger partial charge in [-0.15, -0.1) is 0 Å². The number of aliphatic carboxylic acids is 1. The molecule has 0 radical (unpaired) electrons. The van der Waals surface area contributed by atoms with Crippen LogP contribution in [0, 0.1) is 0 Å². The zero-order valence-electron chi connectivity index (χ0n) is 11.2. The average molecular weight is 375 g/mol. The summed E-state index contributed by atoms with van der Waals surface area (Å²) in [6.45, 7) is 0.436. The molecule has 0 amide bonds. The maximum Gasteiger partial charge on any atom is 0.314 e. The fraction of sp³-hybridized carbons (Fsp3) is 0.500. The summed E-state index contributed by atoms with van der Waals surface area (Å²) in [5.74, 6) is -0.844. The predicted molar refractivity (Wildman–Crippen MR) is 79.1 cm³/mol. The molecular formula is C14H15BrO5S. The SMILES string of the molecule is O=C(O)C1(c2ccc(S(=O)(=O)C3COC3)c(Br)c2)CCC1. The van der Waals surface area contributed by atoms with Crippen molar-refractivity contribution in [2.24, 2.45) is 0 Å². The molecule has 0 atom stereocenters. The molecule has 1 N–H and O–H groups in total. The monoisotopic (exact) mass is 374 g/mol. The Labute approximate surface area is 131 Å². The molecule has 1 aromatic carbocycles. The van der Waals surface area contributed by atoms with Gasteiger partial charge >= 0.3 is 5.97 Å². The van der Waals surface area contributed by atoms with Gasteiger partial charge in [0.15, 0.2) is 9.84 Å². The maximum atomic E-state index is 12.4. The number of hydrogen-bond acceptors (Lipinski definition) is 4. The third kappa shape index (κ3) is 2.22. The van der Waals surface area contributed by atoms with Crippen LogP contribution < -0.4 is 0 Å². The minimum Gasteiger partial charge on any atom is -0.481 e. The third-order valence-corrected chi connectivity index (χ3v) is 7.49. The Morgan fingerprint density at radius 2 is 2.00 bits per heavy atom. The van der Waals surface area contributed by atoms with Gasteiger partial charge in [-0.25, -0.2) is 8.42 Å². The number of rotatable bonds is 4. The van der Waals surface area contributed by atoms with Gasteiger partial charge in [0.2, 0.25) is 0 Å². The van der Waals surface area contributed by atoms with Crippen LogP contribution in [-0.2, 0) is 24.8 Å². The summed E-state index contributed by atoms with van der Waals surface area (Å²) in [7, 11) is -3.42. The van der Waals surface area contributed by atoms with Crippen molar-refractivity contribution in [1.82, 2.24) is 0 Å². The molecule has 0 aromatic heterocycles. The van der Waals surface area contributed by atoms with Crippen LogP contribution in [0.15, 0.2) is 27.6 Å². The first-order chi connectivity index (χ1) is 9.88. The minimum atomic E-state index is -3.42. The number of carboxylic acids is 1. The molecule has 1 saturated carbocycles. The number of sulfone groups is 1. The molecule has 1 aliphatic heterocycles. The van der Waals surface area contributed by atoms with Crippen molar-refractivity contribution in [2.75, 3.05) is 13.2 Å². The first-order valence-corrected chi connectivity index (χ1v) is 9.07. The lowest BCUT2D eigenvalue weighted by Gasteiger charge is -2.38. The Kier molecular flexibility index (Phi) is 3.62. The molecule has 0 unspecified atom stereocenters. The van der Waals surface area contributed by atoms with Crippen LogP contribution in [0.5, 0.6) is 0 Å². The zero-order chi connectivity index (χ0) is 15.3. The standard InChI is InChI=1S/C14H15BrO5S/c15-11-6-9(14(13(16)17)4-1-5-14)2-3-12(11)21(18,19)10-7-20-8-10/h2-3,6,10H,1,4-5,7-8H2,(H,16,17). The number of carboxylic acid groups (broad SMARTS) is 1. The van der Waals surface area contributed by atoms with E-state index in [-0.39, 0.29) is 18.1 Å². The van der Waals surface area contributed by atoms with Crippen LogP contribution in [0.25, 0.3) is 0 Å². The lowest BCUT2D eigenvalue weighted by molar-refractivity contribution is -0.147. The van der Waals surface area contributed by atoms with Crippen molar-refractivity contribution in [3.8, 4) is 0 Å². The molecule has 3 rings (SSSR count). The van der Waals surface area contributed by atoms with E-state index in [9.17, 15) is 18.3 Å². The Balaban J connectivity index is 1.99. The molecule has 7 heteroatoms. The number of benzene rings is 1. The molecule has 2 fully saturated rings. The van der Waals surface area contributed by atoms with E-state index >= 15 is 0 Å². The summed E-state index contributed by atoms with van der Waals surface area (Å²) in [5, 5.41) is 8.94. The smallest absolute Gasteiger partial charge is 0.314 e. The fourth-order valence-electron chi connectivity index (χ4n) is 2.76. The number of halogens is 1. The highest BCUT2D eigenvalue weighted by Crippen LogP contribution is 2.45. The Morgan fingerprint density at radius 3 is 2.38 bits per heavy atom. The lowest BCUT2D eigenvalue weighted by Crippen LogP contribution is -2.42. The largest absolute Gasteiger partial charge is 0.481 e. The van der Waals surface area contributed by atoms with Gasteiger partial charge in [0.25, 0.3) is 0 Å². The second-order valence-electron chi connectivity index (χ2n) is 5.59. The fourth-order valence-corrected chi connectivity index (χ4v) is 5.31. The van der Waals surface area contributed by atoms with Crippen molar-refractivity contribution in [3.63, 3.8) is 0 Å². The number of carbonyl (C=O) groups is 1. The van der Waals surface area contributed by atoms with Gasteiger partial charge in [-0.2, -0.15) is 0 Å². The molecule has 0 spiro atoms. The van der Waals surface area contributed by atoms with Gasteiger partial charge in [-0.1, -0.05) is 12.5 Å². The van der Waals surface area contributed by atoms with Crippen LogP contribution in [0.4, 0.5) is 0 Å². The number of hydrogen-bond donors (Lipinski definition) is 1. The van der Waals surface area contributed by atoms with Gasteiger partial charge in [0.1, 0.15) is 5.25 Å². The third-order valence-electron chi connectivity index (χ3n) is 4.45. The van der Waals surface area contributed by atoms with Crippen LogP contribution in [-0.4, -0.2) is 38.0 Å². The molecule has 1 saturated heterocycles.